The lowest BCUT2D eigenvalue weighted by atomic mass is 10.3. The molecule has 0 spiro atoms. The minimum absolute atomic E-state index is 0.0665. The van der Waals surface area contributed by atoms with Gasteiger partial charge in [-0.1, -0.05) is 0 Å². The number of nitro benzene ring substituents is 1. The zero-order valence-corrected chi connectivity index (χ0v) is 13.5. The summed E-state index contributed by atoms with van der Waals surface area (Å²) < 4.78 is 10.7. The molecule has 0 aliphatic rings. The first-order valence-corrected chi connectivity index (χ1v) is 7.08. The third-order valence-corrected chi connectivity index (χ3v) is 2.84. The van der Waals surface area contributed by atoms with Gasteiger partial charge in [0.2, 0.25) is 0 Å². The topological polar surface area (TPSA) is 95.7 Å². The van der Waals surface area contributed by atoms with Crippen LogP contribution in [0, 0.1) is 10.1 Å². The molecule has 0 saturated carbocycles. The van der Waals surface area contributed by atoms with Crippen LogP contribution in [-0.4, -0.2) is 55.6 Å². The lowest BCUT2D eigenvalue weighted by molar-refractivity contribution is -0.870. The Morgan fingerprint density at radius 2 is 1.65 bits per heavy atom. The van der Waals surface area contributed by atoms with E-state index in [0.717, 1.165) is 0 Å². The highest BCUT2D eigenvalue weighted by molar-refractivity contribution is 5.79. The molecule has 1 aromatic rings. The molecule has 0 aliphatic heterocycles. The number of carbonyl (C=O) groups is 2. The highest BCUT2D eigenvalue weighted by atomic mass is 16.6. The average Bonchev–Trinajstić information content (AvgIpc) is 2.44. The quantitative estimate of drug-likeness (QED) is 0.236. The van der Waals surface area contributed by atoms with Crippen LogP contribution in [0.4, 0.5) is 5.69 Å². The molecule has 0 N–H and O–H groups in total. The zero-order valence-electron chi connectivity index (χ0n) is 13.5. The molecule has 8 heteroatoms. The fourth-order valence-electron chi connectivity index (χ4n) is 1.53. The highest BCUT2D eigenvalue weighted by Gasteiger charge is 2.13. The van der Waals surface area contributed by atoms with Crippen molar-refractivity contribution in [2.45, 2.75) is 12.8 Å². The van der Waals surface area contributed by atoms with Crippen LogP contribution < -0.4 is 4.74 Å². The summed E-state index contributed by atoms with van der Waals surface area (Å²) in [6.45, 7) is 0.971. The molecule has 0 atom stereocenters. The minimum Gasteiger partial charge on any atom is -0.460 e. The normalized spacial score (nSPS) is 10.9. The number of benzene rings is 1. The molecule has 0 saturated heterocycles. The summed E-state index contributed by atoms with van der Waals surface area (Å²) >= 11 is 0. The second-order valence-electron chi connectivity index (χ2n) is 5.96. The van der Waals surface area contributed by atoms with Crippen molar-refractivity contribution in [3.05, 3.63) is 34.4 Å². The van der Waals surface area contributed by atoms with Crippen LogP contribution in [0.15, 0.2) is 24.3 Å². The molecule has 126 valence electrons. The van der Waals surface area contributed by atoms with E-state index in [4.69, 9.17) is 9.47 Å². The summed E-state index contributed by atoms with van der Waals surface area (Å²) in [6.07, 6.45) is -0.177. The lowest BCUT2D eigenvalue weighted by Gasteiger charge is -2.23. The van der Waals surface area contributed by atoms with Crippen LogP contribution in [0.3, 0.4) is 0 Å². The van der Waals surface area contributed by atoms with Gasteiger partial charge in [0.15, 0.2) is 0 Å². The number of hydrogen-bond acceptors (Lipinski definition) is 6. The number of likely N-dealkylation sites (N-methyl/N-ethyl adjacent to an activating group) is 1. The van der Waals surface area contributed by atoms with E-state index in [1.54, 1.807) is 0 Å². The van der Waals surface area contributed by atoms with E-state index in [1.807, 2.05) is 21.1 Å². The summed E-state index contributed by atoms with van der Waals surface area (Å²) in [6, 6.07) is 5.13. The Labute approximate surface area is 134 Å². The second-order valence-corrected chi connectivity index (χ2v) is 5.96. The standard InChI is InChI=1S/C15H21N2O6/c1-17(2,3)10-11-22-14(18)8-9-15(19)23-13-6-4-12(5-7-13)16(20)21/h4-7H,8-11H2,1-3H3/q+1. The van der Waals surface area contributed by atoms with Crippen molar-refractivity contribution in [2.24, 2.45) is 0 Å². The van der Waals surface area contributed by atoms with Gasteiger partial charge < -0.3 is 14.0 Å². The first kappa shape index (κ1) is 18.6. The van der Waals surface area contributed by atoms with Crippen molar-refractivity contribution < 1.29 is 28.5 Å². The van der Waals surface area contributed by atoms with Crippen molar-refractivity contribution in [3.63, 3.8) is 0 Å². The number of nitrogens with zero attached hydrogens (tertiary/aromatic N) is 2. The molecule has 0 aromatic heterocycles. The zero-order chi connectivity index (χ0) is 17.5. The predicted octanol–water partition coefficient (Wildman–Crippen LogP) is 1.53. The van der Waals surface area contributed by atoms with E-state index in [2.05, 4.69) is 0 Å². The highest BCUT2D eigenvalue weighted by Crippen LogP contribution is 2.17. The van der Waals surface area contributed by atoms with Gasteiger partial charge in [-0.3, -0.25) is 19.7 Å². The fourth-order valence-corrected chi connectivity index (χ4v) is 1.53. The van der Waals surface area contributed by atoms with Gasteiger partial charge in [-0.25, -0.2) is 0 Å². The number of carbonyl (C=O) groups excluding carboxylic acids is 2. The van der Waals surface area contributed by atoms with Crippen molar-refractivity contribution >= 4 is 17.6 Å². The van der Waals surface area contributed by atoms with E-state index in [1.165, 1.54) is 24.3 Å². The Balaban J connectivity index is 2.31. The van der Waals surface area contributed by atoms with Gasteiger partial charge in [0, 0.05) is 12.1 Å². The molecule has 23 heavy (non-hydrogen) atoms. The largest absolute Gasteiger partial charge is 0.460 e. The Hall–Kier alpha value is -2.48. The minimum atomic E-state index is -0.595. The molecule has 1 rings (SSSR count). The summed E-state index contributed by atoms with van der Waals surface area (Å²) in [5.41, 5.74) is -0.0920. The third-order valence-electron chi connectivity index (χ3n) is 2.84. The van der Waals surface area contributed by atoms with Gasteiger partial charge in [0.05, 0.1) is 38.9 Å². The molecule has 0 bridgehead atoms. The molecule has 1 aromatic carbocycles. The number of rotatable bonds is 8. The number of quaternary nitrogens is 1. The maximum Gasteiger partial charge on any atom is 0.311 e. The number of ether oxygens (including phenoxy) is 2. The van der Waals surface area contributed by atoms with Crippen LogP contribution in [0.2, 0.25) is 0 Å². The van der Waals surface area contributed by atoms with Crippen LogP contribution in [-0.2, 0) is 14.3 Å². The van der Waals surface area contributed by atoms with Crippen molar-refractivity contribution in [2.75, 3.05) is 34.3 Å². The van der Waals surface area contributed by atoms with E-state index in [-0.39, 0.29) is 24.3 Å². The van der Waals surface area contributed by atoms with E-state index in [0.29, 0.717) is 17.6 Å². The molecule has 0 aliphatic carbocycles. The van der Waals surface area contributed by atoms with Crippen molar-refractivity contribution in [1.29, 1.82) is 0 Å². The van der Waals surface area contributed by atoms with Gasteiger partial charge in [-0.15, -0.1) is 0 Å². The molecular formula is C15H21N2O6+. The maximum atomic E-state index is 11.6. The summed E-state index contributed by atoms with van der Waals surface area (Å²) in [7, 11) is 5.94. The monoisotopic (exact) mass is 325 g/mol. The number of non-ortho nitro benzene ring substituents is 1. The van der Waals surface area contributed by atoms with Gasteiger partial charge in [0.25, 0.3) is 5.69 Å². The number of hydrogen-bond donors (Lipinski definition) is 0. The Kier molecular flexibility index (Phi) is 6.65. The van der Waals surface area contributed by atoms with Gasteiger partial charge in [-0.05, 0) is 12.1 Å². The van der Waals surface area contributed by atoms with Gasteiger partial charge in [0.1, 0.15) is 18.9 Å². The van der Waals surface area contributed by atoms with Crippen LogP contribution >= 0.6 is 0 Å². The molecule has 0 unspecified atom stereocenters. The summed E-state index contributed by atoms with van der Waals surface area (Å²) in [5.74, 6) is -0.861. The lowest BCUT2D eigenvalue weighted by Crippen LogP contribution is -2.38. The smallest absolute Gasteiger partial charge is 0.311 e. The van der Waals surface area contributed by atoms with Crippen molar-refractivity contribution in [1.82, 2.24) is 0 Å². The van der Waals surface area contributed by atoms with Gasteiger partial charge in [-0.2, -0.15) is 0 Å². The van der Waals surface area contributed by atoms with Crippen molar-refractivity contribution in [3.8, 4) is 5.75 Å². The second kappa shape index (κ2) is 8.23. The summed E-state index contributed by atoms with van der Waals surface area (Å²) in [5, 5.41) is 10.5. The molecule has 0 fully saturated rings. The first-order valence-electron chi connectivity index (χ1n) is 7.08. The Morgan fingerprint density at radius 3 is 2.17 bits per heavy atom. The Bertz CT molecular complexity index is 562. The third kappa shape index (κ3) is 7.91. The van der Waals surface area contributed by atoms with Crippen LogP contribution in [0.25, 0.3) is 0 Å². The van der Waals surface area contributed by atoms with Gasteiger partial charge >= 0.3 is 11.9 Å². The number of esters is 2. The molecule has 0 radical (unpaired) electrons. The van der Waals surface area contributed by atoms with E-state index in [9.17, 15) is 19.7 Å². The predicted molar refractivity (Wildman–Crippen MR) is 81.8 cm³/mol. The summed E-state index contributed by atoms with van der Waals surface area (Å²) in [4.78, 5) is 33.1. The van der Waals surface area contributed by atoms with Crippen LogP contribution in [0.5, 0.6) is 5.75 Å². The molecule has 8 nitrogen and oxygen atoms in total. The fraction of sp³-hybridized carbons (Fsp3) is 0.467. The SMILES string of the molecule is C[N+](C)(C)CCOC(=O)CCC(=O)Oc1ccc([N+](=O)[O-])cc1. The van der Waals surface area contributed by atoms with E-state index < -0.39 is 16.9 Å². The maximum absolute atomic E-state index is 11.6. The average molecular weight is 325 g/mol. The molecule has 0 amide bonds. The van der Waals surface area contributed by atoms with Crippen LogP contribution in [0.1, 0.15) is 12.8 Å². The first-order chi connectivity index (χ1) is 10.7. The molecule has 0 heterocycles. The Morgan fingerprint density at radius 1 is 1.09 bits per heavy atom. The molecular weight excluding hydrogens is 304 g/mol. The van der Waals surface area contributed by atoms with E-state index >= 15 is 0 Å². The number of nitro groups is 1.